The Morgan fingerprint density at radius 3 is 2.42 bits per heavy atom. The van der Waals surface area contributed by atoms with Gasteiger partial charge >= 0.3 is 0 Å². The lowest BCUT2D eigenvalue weighted by atomic mass is 9.89. The maximum absolute atomic E-state index is 11.4. The van der Waals surface area contributed by atoms with Gasteiger partial charge in [-0.2, -0.15) is 0 Å². The molecule has 2 aromatic carbocycles. The van der Waals surface area contributed by atoms with Crippen LogP contribution in [0.25, 0.3) is 0 Å². The van der Waals surface area contributed by atoms with Gasteiger partial charge in [-0.3, -0.25) is 4.99 Å². The van der Waals surface area contributed by atoms with Gasteiger partial charge < -0.3 is 15.4 Å². The molecule has 1 aliphatic heterocycles. The summed E-state index contributed by atoms with van der Waals surface area (Å²) < 4.78 is 28.8. The summed E-state index contributed by atoms with van der Waals surface area (Å²) in [5.41, 5.74) is 3.39. The van der Waals surface area contributed by atoms with Crippen molar-refractivity contribution in [2.24, 2.45) is 16.0 Å². The van der Waals surface area contributed by atoms with E-state index in [2.05, 4.69) is 46.8 Å². The summed E-state index contributed by atoms with van der Waals surface area (Å²) in [7, 11) is -1.95. The van der Waals surface area contributed by atoms with Crippen molar-refractivity contribution in [1.82, 2.24) is 10.6 Å². The number of nitrogens with zero attached hydrogens (tertiary/aromatic N) is 1. The molecule has 0 aromatic heterocycles. The van der Waals surface area contributed by atoms with Gasteiger partial charge in [-0.05, 0) is 43.0 Å². The van der Waals surface area contributed by atoms with Gasteiger partial charge in [0.15, 0.2) is 5.96 Å². The number of hydrogen-bond acceptors (Lipinski definition) is 4. The zero-order chi connectivity index (χ0) is 21.6. The van der Waals surface area contributed by atoms with Crippen LogP contribution >= 0.6 is 24.0 Å². The smallest absolute Gasteiger partial charge is 0.238 e. The topological polar surface area (TPSA) is 106 Å². The number of benzene rings is 2. The highest BCUT2D eigenvalue weighted by Gasteiger charge is 2.27. The number of hydrogen-bond donors (Lipinski definition) is 3. The van der Waals surface area contributed by atoms with Crippen molar-refractivity contribution in [3.63, 3.8) is 0 Å². The van der Waals surface area contributed by atoms with E-state index < -0.39 is 10.0 Å². The first-order valence-electron chi connectivity index (χ1n) is 10.1. The van der Waals surface area contributed by atoms with Crippen molar-refractivity contribution in [2.75, 3.05) is 20.2 Å². The molecule has 7 nitrogen and oxygen atoms in total. The first-order chi connectivity index (χ1) is 14.4. The standard InChI is InChI=1S/C22H30N4O3S.HI/c1-16-5-9-18(10-6-16)21-19(4-3-13-29-21)15-26-22(24-2)25-14-17-7-11-20(12-8-17)30(23,27)28;/h5-12,19,21H,3-4,13-15H2,1-2H3,(H2,23,27,28)(H2,24,25,26);1H. The van der Waals surface area contributed by atoms with E-state index in [1.54, 1.807) is 19.2 Å². The van der Waals surface area contributed by atoms with Gasteiger partial charge in [0.2, 0.25) is 10.0 Å². The van der Waals surface area contributed by atoms with E-state index in [-0.39, 0.29) is 35.0 Å². The Balaban J connectivity index is 0.00000341. The molecule has 31 heavy (non-hydrogen) atoms. The van der Waals surface area contributed by atoms with E-state index in [0.29, 0.717) is 18.4 Å². The maximum Gasteiger partial charge on any atom is 0.238 e. The predicted octanol–water partition coefficient (Wildman–Crippen LogP) is 3.09. The lowest BCUT2D eigenvalue weighted by molar-refractivity contribution is -0.0265. The third-order valence-electron chi connectivity index (χ3n) is 5.32. The number of halogens is 1. The van der Waals surface area contributed by atoms with Gasteiger partial charge in [0.05, 0.1) is 11.0 Å². The van der Waals surface area contributed by atoms with Crippen LogP contribution < -0.4 is 15.8 Å². The largest absolute Gasteiger partial charge is 0.373 e. The number of sulfonamides is 1. The SMILES string of the molecule is CN=C(NCc1ccc(S(N)(=O)=O)cc1)NCC1CCCOC1c1ccc(C)cc1.I. The molecular weight excluding hydrogens is 527 g/mol. The molecule has 0 bridgehead atoms. The number of guanidine groups is 1. The molecule has 9 heteroatoms. The Labute approximate surface area is 201 Å². The summed E-state index contributed by atoms with van der Waals surface area (Å²) in [5, 5.41) is 11.8. The molecule has 0 saturated carbocycles. The summed E-state index contributed by atoms with van der Waals surface area (Å²) in [6.07, 6.45) is 2.23. The second kappa shape index (κ2) is 11.8. The van der Waals surface area contributed by atoms with Crippen LogP contribution in [-0.4, -0.2) is 34.6 Å². The molecule has 0 amide bonds. The van der Waals surface area contributed by atoms with Gasteiger partial charge in [-0.1, -0.05) is 42.0 Å². The van der Waals surface area contributed by atoms with E-state index >= 15 is 0 Å². The minimum atomic E-state index is -3.68. The van der Waals surface area contributed by atoms with Gasteiger partial charge in [-0.25, -0.2) is 13.6 Å². The zero-order valence-electron chi connectivity index (χ0n) is 17.9. The molecule has 1 saturated heterocycles. The summed E-state index contributed by atoms with van der Waals surface area (Å²) >= 11 is 0. The van der Waals surface area contributed by atoms with Crippen LogP contribution in [0.5, 0.6) is 0 Å². The van der Waals surface area contributed by atoms with Crippen LogP contribution in [0, 0.1) is 12.8 Å². The van der Waals surface area contributed by atoms with E-state index in [0.717, 1.165) is 31.6 Å². The van der Waals surface area contributed by atoms with E-state index in [1.807, 2.05) is 0 Å². The third-order valence-corrected chi connectivity index (χ3v) is 6.25. The fourth-order valence-electron chi connectivity index (χ4n) is 3.61. The fourth-order valence-corrected chi connectivity index (χ4v) is 4.12. The zero-order valence-corrected chi connectivity index (χ0v) is 21.0. The lowest BCUT2D eigenvalue weighted by Gasteiger charge is -2.32. The summed E-state index contributed by atoms with van der Waals surface area (Å²) in [4.78, 5) is 4.40. The molecule has 4 N–H and O–H groups in total. The first kappa shape index (κ1) is 25.6. The van der Waals surface area contributed by atoms with Crippen LogP contribution in [0.1, 0.15) is 35.6 Å². The van der Waals surface area contributed by atoms with Crippen molar-refractivity contribution in [1.29, 1.82) is 0 Å². The Kier molecular flexibility index (Phi) is 9.73. The molecule has 2 aromatic rings. The van der Waals surface area contributed by atoms with E-state index in [4.69, 9.17) is 9.88 Å². The van der Waals surface area contributed by atoms with E-state index in [1.165, 1.54) is 23.3 Å². The molecule has 1 heterocycles. The maximum atomic E-state index is 11.4. The van der Waals surface area contributed by atoms with Crippen LogP contribution in [-0.2, 0) is 21.3 Å². The predicted molar refractivity (Wildman–Crippen MR) is 134 cm³/mol. The molecule has 0 radical (unpaired) electrons. The molecular formula is C22H31IN4O3S. The van der Waals surface area contributed by atoms with Crippen molar-refractivity contribution in [3.8, 4) is 0 Å². The number of ether oxygens (including phenoxy) is 1. The highest BCUT2D eigenvalue weighted by molar-refractivity contribution is 14.0. The molecule has 0 spiro atoms. The lowest BCUT2D eigenvalue weighted by Crippen LogP contribution is -2.41. The fraction of sp³-hybridized carbons (Fsp3) is 0.409. The van der Waals surface area contributed by atoms with Crippen molar-refractivity contribution < 1.29 is 13.2 Å². The molecule has 1 fully saturated rings. The van der Waals surface area contributed by atoms with Crippen molar-refractivity contribution >= 4 is 40.0 Å². The van der Waals surface area contributed by atoms with Gasteiger partial charge in [-0.15, -0.1) is 24.0 Å². The van der Waals surface area contributed by atoms with Crippen molar-refractivity contribution in [3.05, 3.63) is 65.2 Å². The highest BCUT2D eigenvalue weighted by atomic mass is 127. The van der Waals surface area contributed by atoms with Crippen LogP contribution in [0.2, 0.25) is 0 Å². The Hall–Kier alpha value is -1.69. The van der Waals surface area contributed by atoms with Gasteiger partial charge in [0.25, 0.3) is 0 Å². The average Bonchev–Trinajstić information content (AvgIpc) is 2.74. The first-order valence-corrected chi connectivity index (χ1v) is 11.7. The van der Waals surface area contributed by atoms with Gasteiger partial charge in [0, 0.05) is 32.7 Å². The average molecular weight is 558 g/mol. The monoisotopic (exact) mass is 558 g/mol. The van der Waals surface area contributed by atoms with Crippen LogP contribution in [0.3, 0.4) is 0 Å². The quantitative estimate of drug-likeness (QED) is 0.287. The minimum absolute atomic E-state index is 0. The molecule has 3 rings (SSSR count). The number of aliphatic imine (C=N–C) groups is 1. The second-order valence-electron chi connectivity index (χ2n) is 7.60. The highest BCUT2D eigenvalue weighted by Crippen LogP contribution is 2.33. The summed E-state index contributed by atoms with van der Waals surface area (Å²) in [6, 6.07) is 15.0. The number of primary sulfonamides is 1. The normalized spacial score (nSPS) is 19.4. The Morgan fingerprint density at radius 2 is 1.81 bits per heavy atom. The summed E-state index contributed by atoms with van der Waals surface area (Å²) in [6.45, 7) is 4.15. The molecule has 2 unspecified atom stereocenters. The van der Waals surface area contributed by atoms with Crippen LogP contribution in [0.4, 0.5) is 0 Å². The summed E-state index contributed by atoms with van der Waals surface area (Å²) in [5.74, 6) is 1.05. The molecule has 170 valence electrons. The molecule has 0 aliphatic carbocycles. The van der Waals surface area contributed by atoms with Gasteiger partial charge in [0.1, 0.15) is 0 Å². The Bertz CT molecular complexity index is 963. The number of aryl methyl sites for hydroxylation is 1. The number of rotatable bonds is 6. The molecule has 1 aliphatic rings. The second-order valence-corrected chi connectivity index (χ2v) is 9.16. The third kappa shape index (κ3) is 7.44. The Morgan fingerprint density at radius 1 is 1.13 bits per heavy atom. The van der Waals surface area contributed by atoms with Crippen molar-refractivity contribution in [2.45, 2.75) is 37.3 Å². The van der Waals surface area contributed by atoms with Crippen LogP contribution in [0.15, 0.2) is 58.4 Å². The molecule has 2 atom stereocenters. The van der Waals surface area contributed by atoms with E-state index in [9.17, 15) is 8.42 Å². The number of nitrogens with two attached hydrogens (primary N) is 1. The number of nitrogens with one attached hydrogen (secondary N) is 2. The minimum Gasteiger partial charge on any atom is -0.373 e.